The molecule has 0 saturated heterocycles. The molecule has 5 nitrogen and oxygen atoms in total. The van der Waals surface area contributed by atoms with E-state index in [4.69, 9.17) is 9.47 Å². The molecule has 0 amide bonds. The van der Waals surface area contributed by atoms with Gasteiger partial charge in [0.15, 0.2) is 6.10 Å². The molecule has 232 valence electrons. The number of rotatable bonds is 30. The highest BCUT2D eigenvalue weighted by Crippen LogP contribution is 2.15. The minimum absolute atomic E-state index is 0.0588. The highest BCUT2D eigenvalue weighted by Gasteiger charge is 2.16. The quantitative estimate of drug-likeness (QED) is 0.0706. The van der Waals surface area contributed by atoms with E-state index >= 15 is 0 Å². The van der Waals surface area contributed by atoms with Crippen LogP contribution in [0.2, 0.25) is 0 Å². The van der Waals surface area contributed by atoms with E-state index in [2.05, 4.69) is 20.8 Å². The van der Waals surface area contributed by atoms with Gasteiger partial charge in [-0.05, 0) is 18.8 Å². The van der Waals surface area contributed by atoms with Crippen molar-refractivity contribution < 1.29 is 24.2 Å². The molecule has 0 aromatic heterocycles. The molecule has 0 spiro atoms. The SMILES string of the molecule is CCCCCCCCCCCC(=O)O[C@@H](CO)COC(=O)CCCCCCCCCCCCCCCC(C)C. The Morgan fingerprint density at radius 3 is 1.36 bits per heavy atom. The zero-order valence-electron chi connectivity index (χ0n) is 26.3. The zero-order chi connectivity index (χ0) is 28.8. The van der Waals surface area contributed by atoms with Crippen LogP contribution >= 0.6 is 0 Å². The number of hydrogen-bond donors (Lipinski definition) is 1. The van der Waals surface area contributed by atoms with E-state index in [9.17, 15) is 14.7 Å². The standard InChI is InChI=1S/C34H66O5/c1-4-5-6-7-8-14-19-22-25-28-34(37)39-32(29-35)30-38-33(36)27-24-21-18-16-13-11-9-10-12-15-17-20-23-26-31(2)3/h31-32,35H,4-30H2,1-3H3/t32-/m0/s1. The smallest absolute Gasteiger partial charge is 0.306 e. The minimum Gasteiger partial charge on any atom is -0.462 e. The number of esters is 2. The lowest BCUT2D eigenvalue weighted by molar-refractivity contribution is -0.161. The Kier molecular flexibility index (Phi) is 29.0. The molecular formula is C34H66O5. The molecule has 0 radical (unpaired) electrons. The van der Waals surface area contributed by atoms with Crippen molar-refractivity contribution in [2.24, 2.45) is 5.92 Å². The third-order valence-corrected chi connectivity index (χ3v) is 7.58. The van der Waals surface area contributed by atoms with Gasteiger partial charge in [0.2, 0.25) is 0 Å². The topological polar surface area (TPSA) is 72.8 Å². The minimum atomic E-state index is -0.759. The summed E-state index contributed by atoms with van der Waals surface area (Å²) in [4.78, 5) is 24.0. The first-order valence-corrected chi connectivity index (χ1v) is 17.0. The number of aliphatic hydroxyl groups excluding tert-OH is 1. The van der Waals surface area contributed by atoms with Crippen LogP contribution in [0, 0.1) is 5.92 Å². The van der Waals surface area contributed by atoms with E-state index in [1.54, 1.807) is 0 Å². The molecule has 0 unspecified atom stereocenters. The summed E-state index contributed by atoms with van der Waals surface area (Å²) in [6.45, 7) is 6.47. The van der Waals surface area contributed by atoms with Crippen LogP contribution in [0.4, 0.5) is 0 Å². The van der Waals surface area contributed by atoms with Gasteiger partial charge >= 0.3 is 11.9 Å². The molecule has 0 aromatic rings. The maximum absolute atomic E-state index is 12.0. The van der Waals surface area contributed by atoms with Crippen molar-refractivity contribution in [3.8, 4) is 0 Å². The van der Waals surface area contributed by atoms with Gasteiger partial charge in [0.05, 0.1) is 6.61 Å². The molecular weight excluding hydrogens is 488 g/mol. The lowest BCUT2D eigenvalue weighted by atomic mass is 10.0. The third kappa shape index (κ3) is 29.7. The van der Waals surface area contributed by atoms with Crippen molar-refractivity contribution in [2.45, 2.75) is 187 Å². The van der Waals surface area contributed by atoms with Crippen LogP contribution in [0.15, 0.2) is 0 Å². The molecule has 1 N–H and O–H groups in total. The van der Waals surface area contributed by atoms with Crippen LogP contribution in [-0.2, 0) is 19.1 Å². The van der Waals surface area contributed by atoms with E-state index in [0.29, 0.717) is 12.8 Å². The summed E-state index contributed by atoms with van der Waals surface area (Å²) in [6, 6.07) is 0. The average Bonchev–Trinajstić information content (AvgIpc) is 2.92. The molecule has 0 fully saturated rings. The summed E-state index contributed by atoms with van der Waals surface area (Å²) in [7, 11) is 0. The Labute approximate surface area is 242 Å². The first-order valence-electron chi connectivity index (χ1n) is 17.0. The van der Waals surface area contributed by atoms with Crippen molar-refractivity contribution in [2.75, 3.05) is 13.2 Å². The second-order valence-electron chi connectivity index (χ2n) is 12.1. The Hall–Kier alpha value is -1.10. The molecule has 0 aliphatic carbocycles. The van der Waals surface area contributed by atoms with Gasteiger partial charge in [-0.2, -0.15) is 0 Å². The van der Waals surface area contributed by atoms with E-state index in [1.165, 1.54) is 116 Å². The van der Waals surface area contributed by atoms with Gasteiger partial charge in [0.25, 0.3) is 0 Å². The Balaban J connectivity index is 3.51. The Bertz CT molecular complexity index is 534. The van der Waals surface area contributed by atoms with Gasteiger partial charge in [-0.3, -0.25) is 9.59 Å². The van der Waals surface area contributed by atoms with Gasteiger partial charge in [-0.25, -0.2) is 0 Å². The van der Waals surface area contributed by atoms with Crippen LogP contribution in [0.25, 0.3) is 0 Å². The number of carbonyl (C=O) groups is 2. The second kappa shape index (κ2) is 29.9. The summed E-state index contributed by atoms with van der Waals surface area (Å²) in [5.41, 5.74) is 0. The summed E-state index contributed by atoms with van der Waals surface area (Å²) in [5.74, 6) is 0.262. The predicted molar refractivity (Wildman–Crippen MR) is 164 cm³/mol. The molecule has 0 aliphatic heterocycles. The van der Waals surface area contributed by atoms with Gasteiger partial charge < -0.3 is 14.6 Å². The molecule has 0 bridgehead atoms. The fourth-order valence-electron chi connectivity index (χ4n) is 4.97. The molecule has 0 aromatic carbocycles. The van der Waals surface area contributed by atoms with Crippen molar-refractivity contribution in [3.05, 3.63) is 0 Å². The van der Waals surface area contributed by atoms with Crippen molar-refractivity contribution in [1.82, 2.24) is 0 Å². The molecule has 39 heavy (non-hydrogen) atoms. The summed E-state index contributed by atoms with van der Waals surface area (Å²) in [5, 5.41) is 9.47. The van der Waals surface area contributed by atoms with Gasteiger partial charge in [0, 0.05) is 12.8 Å². The van der Waals surface area contributed by atoms with Gasteiger partial charge in [0.1, 0.15) is 6.61 Å². The van der Waals surface area contributed by atoms with E-state index < -0.39 is 6.10 Å². The summed E-state index contributed by atoms with van der Waals surface area (Å²) < 4.78 is 10.5. The highest BCUT2D eigenvalue weighted by molar-refractivity contribution is 5.70. The number of unbranched alkanes of at least 4 members (excludes halogenated alkanes) is 20. The van der Waals surface area contributed by atoms with Crippen LogP contribution < -0.4 is 0 Å². The lowest BCUT2D eigenvalue weighted by Crippen LogP contribution is -2.28. The van der Waals surface area contributed by atoms with Gasteiger partial charge in [-0.15, -0.1) is 0 Å². The number of aliphatic hydroxyl groups is 1. The highest BCUT2D eigenvalue weighted by atomic mass is 16.6. The molecule has 1 atom stereocenters. The van der Waals surface area contributed by atoms with Crippen LogP contribution in [0.5, 0.6) is 0 Å². The number of ether oxygens (including phenoxy) is 2. The molecule has 0 saturated carbocycles. The molecule has 5 heteroatoms. The first kappa shape index (κ1) is 37.9. The van der Waals surface area contributed by atoms with Gasteiger partial charge in [-0.1, -0.05) is 156 Å². The van der Waals surface area contributed by atoms with Crippen molar-refractivity contribution in [1.29, 1.82) is 0 Å². The molecule has 0 aliphatic rings. The summed E-state index contributed by atoms with van der Waals surface area (Å²) in [6.07, 6.45) is 28.7. The second-order valence-corrected chi connectivity index (χ2v) is 12.1. The van der Waals surface area contributed by atoms with Crippen LogP contribution in [0.3, 0.4) is 0 Å². The monoisotopic (exact) mass is 554 g/mol. The Morgan fingerprint density at radius 1 is 0.564 bits per heavy atom. The van der Waals surface area contributed by atoms with E-state index in [-0.39, 0.29) is 25.2 Å². The maximum Gasteiger partial charge on any atom is 0.306 e. The molecule has 0 rings (SSSR count). The van der Waals surface area contributed by atoms with E-state index in [1.807, 2.05) is 0 Å². The van der Waals surface area contributed by atoms with Crippen LogP contribution in [0.1, 0.15) is 181 Å². The number of carbonyl (C=O) groups excluding carboxylic acids is 2. The van der Waals surface area contributed by atoms with E-state index in [0.717, 1.165) is 38.0 Å². The molecule has 0 heterocycles. The largest absolute Gasteiger partial charge is 0.462 e. The maximum atomic E-state index is 12.0. The third-order valence-electron chi connectivity index (χ3n) is 7.58. The first-order chi connectivity index (χ1) is 19.0. The summed E-state index contributed by atoms with van der Waals surface area (Å²) >= 11 is 0. The fraction of sp³-hybridized carbons (Fsp3) is 0.941. The fourth-order valence-corrected chi connectivity index (χ4v) is 4.97. The normalized spacial score (nSPS) is 12.1. The number of hydrogen-bond acceptors (Lipinski definition) is 5. The lowest BCUT2D eigenvalue weighted by Gasteiger charge is -2.15. The average molecular weight is 555 g/mol. The van der Waals surface area contributed by atoms with Crippen molar-refractivity contribution >= 4 is 11.9 Å². The predicted octanol–water partition coefficient (Wildman–Crippen LogP) is 9.86. The van der Waals surface area contributed by atoms with Crippen LogP contribution in [-0.4, -0.2) is 36.4 Å². The van der Waals surface area contributed by atoms with Crippen molar-refractivity contribution in [3.63, 3.8) is 0 Å². The zero-order valence-corrected chi connectivity index (χ0v) is 26.3. The Morgan fingerprint density at radius 2 is 0.949 bits per heavy atom.